The molecule has 0 saturated carbocycles. The minimum atomic E-state index is -3.67. The van der Waals surface area contributed by atoms with Gasteiger partial charge in [-0.1, -0.05) is 28.1 Å². The van der Waals surface area contributed by atoms with Crippen LogP contribution in [0.2, 0.25) is 0 Å². The van der Waals surface area contributed by atoms with E-state index >= 15 is 0 Å². The predicted octanol–water partition coefficient (Wildman–Crippen LogP) is 2.91. The Morgan fingerprint density at radius 2 is 2.08 bits per heavy atom. The summed E-state index contributed by atoms with van der Waals surface area (Å²) in [5.74, 6) is -0.729. The number of ether oxygens (including phenoxy) is 1. The minimum Gasteiger partial charge on any atom is -0.371 e. The molecule has 3 aliphatic heterocycles. The first-order valence-electron chi connectivity index (χ1n) is 13.7. The van der Waals surface area contributed by atoms with Crippen LogP contribution >= 0.6 is 27.7 Å². The fraction of sp³-hybridized carbons (Fsp3) is 0.630. The van der Waals surface area contributed by atoms with Crippen LogP contribution in [0.1, 0.15) is 44.1 Å². The maximum Gasteiger partial charge on any atom is 0.242 e. The Balaban J connectivity index is 1.46. The maximum atomic E-state index is 14.4. The van der Waals surface area contributed by atoms with Gasteiger partial charge in [-0.25, -0.2) is 17.5 Å². The number of nitrogens with one attached hydrogen (secondary N) is 3. The van der Waals surface area contributed by atoms with E-state index in [1.54, 1.807) is 23.9 Å². The summed E-state index contributed by atoms with van der Waals surface area (Å²) in [5.41, 5.74) is 0.373. The molecule has 2 fully saturated rings. The summed E-state index contributed by atoms with van der Waals surface area (Å²) < 4.78 is 47.9. The normalized spacial score (nSPS) is 24.4. The SMILES string of the molecule is CS(=O)(=O)N[C@H](CCC1CCNCC1)C(=O)N1C[C@H](OCc2ccc(Br)cc2F)C[C@H]1C(=O)NCC1CC=CS1. The first kappa shape index (κ1) is 31.4. The van der Waals surface area contributed by atoms with Crippen molar-refractivity contribution in [1.82, 2.24) is 20.3 Å². The summed E-state index contributed by atoms with van der Waals surface area (Å²) in [6, 6.07) is 2.93. The third-order valence-corrected chi connectivity index (χ3v) is 9.88. The number of likely N-dealkylation sites (tertiary alicyclic amines) is 1. The first-order chi connectivity index (χ1) is 19.1. The monoisotopic (exact) mass is 660 g/mol. The minimum absolute atomic E-state index is 0.00866. The molecule has 0 radical (unpaired) electrons. The van der Waals surface area contributed by atoms with Crippen LogP contribution in [0.4, 0.5) is 4.39 Å². The standard InChI is InChI=1S/C27H38BrFN4O5S2/c1-40(36,37)32-24(7-4-18-8-10-30-11-9-18)27(35)33-16-21(38-17-19-5-6-20(28)13-23(19)29)14-25(33)26(34)31-15-22-3-2-12-39-22/h2,5-6,12-13,18,21-22,24-25,30,32H,3-4,7-11,14-17H2,1H3,(H,31,34)/t21-,22?,24-,25+/m1/s1. The molecule has 2 saturated heterocycles. The van der Waals surface area contributed by atoms with Crippen molar-refractivity contribution in [2.75, 3.05) is 32.4 Å². The number of carbonyl (C=O) groups is 2. The van der Waals surface area contributed by atoms with E-state index in [2.05, 4.69) is 37.4 Å². The molecule has 13 heteroatoms. The average molecular weight is 662 g/mol. The van der Waals surface area contributed by atoms with Gasteiger partial charge in [-0.15, -0.1) is 11.8 Å². The fourth-order valence-corrected chi connectivity index (χ4v) is 7.33. The second-order valence-corrected chi connectivity index (χ2v) is 14.6. The molecule has 40 heavy (non-hydrogen) atoms. The van der Waals surface area contributed by atoms with Gasteiger partial charge in [-0.2, -0.15) is 0 Å². The van der Waals surface area contributed by atoms with Crippen molar-refractivity contribution < 1.29 is 27.1 Å². The van der Waals surface area contributed by atoms with Crippen molar-refractivity contribution in [3.63, 3.8) is 0 Å². The summed E-state index contributed by atoms with van der Waals surface area (Å²) in [6.45, 7) is 2.38. The highest BCUT2D eigenvalue weighted by Crippen LogP contribution is 2.27. The molecule has 222 valence electrons. The second-order valence-electron chi connectivity index (χ2n) is 10.7. The molecule has 3 heterocycles. The quantitative estimate of drug-likeness (QED) is 0.316. The van der Waals surface area contributed by atoms with Crippen LogP contribution in [0.15, 0.2) is 34.2 Å². The third kappa shape index (κ3) is 9.25. The number of thioether (sulfide) groups is 1. The van der Waals surface area contributed by atoms with Crippen molar-refractivity contribution in [2.24, 2.45) is 5.92 Å². The average Bonchev–Trinajstić information content (AvgIpc) is 3.59. The zero-order chi connectivity index (χ0) is 28.7. The number of hydrogen-bond donors (Lipinski definition) is 3. The highest BCUT2D eigenvalue weighted by Gasteiger charge is 2.43. The van der Waals surface area contributed by atoms with Gasteiger partial charge in [0.2, 0.25) is 21.8 Å². The van der Waals surface area contributed by atoms with E-state index in [1.807, 2.05) is 5.41 Å². The van der Waals surface area contributed by atoms with Gasteiger partial charge in [-0.05, 0) is 68.7 Å². The van der Waals surface area contributed by atoms with Crippen LogP contribution in [-0.4, -0.2) is 81.0 Å². The topological polar surface area (TPSA) is 117 Å². The number of benzene rings is 1. The first-order valence-corrected chi connectivity index (χ1v) is 17.3. The molecular weight excluding hydrogens is 623 g/mol. The van der Waals surface area contributed by atoms with Crippen LogP contribution < -0.4 is 15.4 Å². The maximum absolute atomic E-state index is 14.4. The lowest BCUT2D eigenvalue weighted by molar-refractivity contribution is -0.140. The predicted molar refractivity (Wildman–Crippen MR) is 158 cm³/mol. The van der Waals surface area contributed by atoms with Gasteiger partial charge < -0.3 is 20.3 Å². The van der Waals surface area contributed by atoms with Gasteiger partial charge in [0.25, 0.3) is 0 Å². The summed E-state index contributed by atoms with van der Waals surface area (Å²) in [4.78, 5) is 28.6. The van der Waals surface area contributed by atoms with E-state index in [9.17, 15) is 22.4 Å². The Labute approximate surface area is 248 Å². The van der Waals surface area contributed by atoms with Crippen LogP contribution in [0.25, 0.3) is 0 Å². The van der Waals surface area contributed by atoms with Crippen LogP contribution in [-0.2, 0) is 31.0 Å². The largest absolute Gasteiger partial charge is 0.371 e. The molecule has 3 N–H and O–H groups in total. The van der Waals surface area contributed by atoms with E-state index in [4.69, 9.17) is 4.74 Å². The Morgan fingerprint density at radius 3 is 2.75 bits per heavy atom. The zero-order valence-corrected chi connectivity index (χ0v) is 25.8. The molecule has 9 nitrogen and oxygen atoms in total. The van der Waals surface area contributed by atoms with E-state index < -0.39 is 39.9 Å². The van der Waals surface area contributed by atoms with E-state index in [0.29, 0.717) is 35.3 Å². The number of nitrogens with zero attached hydrogens (tertiary/aromatic N) is 1. The molecule has 1 aromatic rings. The number of carbonyl (C=O) groups excluding carboxylic acids is 2. The van der Waals surface area contributed by atoms with Gasteiger partial charge in [0, 0.05) is 34.8 Å². The highest BCUT2D eigenvalue weighted by molar-refractivity contribution is 9.10. The molecule has 4 atom stereocenters. The van der Waals surface area contributed by atoms with Crippen LogP contribution in [0.5, 0.6) is 0 Å². The van der Waals surface area contributed by atoms with Crippen molar-refractivity contribution in [3.8, 4) is 0 Å². The summed E-state index contributed by atoms with van der Waals surface area (Å²) >= 11 is 4.90. The molecule has 0 aromatic heterocycles. The number of piperidine rings is 1. The van der Waals surface area contributed by atoms with E-state index in [0.717, 1.165) is 38.6 Å². The lowest BCUT2D eigenvalue weighted by atomic mass is 9.91. The Hall–Kier alpha value is -1.51. The lowest BCUT2D eigenvalue weighted by Gasteiger charge is -2.30. The number of hydrogen-bond acceptors (Lipinski definition) is 7. The number of halogens is 2. The number of sulfonamides is 1. The van der Waals surface area contributed by atoms with Gasteiger partial charge >= 0.3 is 0 Å². The lowest BCUT2D eigenvalue weighted by Crippen LogP contribution is -2.54. The second kappa shape index (κ2) is 14.6. The summed E-state index contributed by atoms with van der Waals surface area (Å²) in [7, 11) is -3.67. The van der Waals surface area contributed by atoms with Crippen molar-refractivity contribution in [2.45, 2.75) is 68.6 Å². The summed E-state index contributed by atoms with van der Waals surface area (Å²) in [6.07, 6.45) is 6.71. The van der Waals surface area contributed by atoms with Gasteiger partial charge in [0.15, 0.2) is 0 Å². The van der Waals surface area contributed by atoms with Gasteiger partial charge in [0.05, 0.1) is 19.0 Å². The Kier molecular flexibility index (Phi) is 11.5. The van der Waals surface area contributed by atoms with Crippen molar-refractivity contribution in [1.29, 1.82) is 0 Å². The van der Waals surface area contributed by atoms with Gasteiger partial charge in [-0.3, -0.25) is 9.59 Å². The molecule has 0 spiro atoms. The fourth-order valence-electron chi connectivity index (χ4n) is 5.41. The Morgan fingerprint density at radius 1 is 1.30 bits per heavy atom. The van der Waals surface area contributed by atoms with Gasteiger partial charge in [0.1, 0.15) is 17.9 Å². The van der Waals surface area contributed by atoms with E-state index in [1.165, 1.54) is 11.0 Å². The zero-order valence-electron chi connectivity index (χ0n) is 22.6. The molecule has 4 rings (SSSR count). The van der Waals surface area contributed by atoms with Crippen molar-refractivity contribution >= 4 is 49.5 Å². The number of rotatable bonds is 12. The Bertz CT molecular complexity index is 1170. The number of amides is 2. The van der Waals surface area contributed by atoms with Crippen molar-refractivity contribution in [3.05, 3.63) is 45.5 Å². The molecule has 3 aliphatic rings. The smallest absolute Gasteiger partial charge is 0.242 e. The number of allylic oxidation sites excluding steroid dienone is 1. The van der Waals surface area contributed by atoms with Crippen LogP contribution in [0, 0.1) is 11.7 Å². The summed E-state index contributed by atoms with van der Waals surface area (Å²) in [5, 5.41) is 8.54. The molecule has 0 aliphatic carbocycles. The molecule has 2 amide bonds. The van der Waals surface area contributed by atoms with E-state index in [-0.39, 0.29) is 30.7 Å². The molecule has 1 aromatic carbocycles. The third-order valence-electron chi connectivity index (χ3n) is 7.59. The van der Waals surface area contributed by atoms with Crippen LogP contribution in [0.3, 0.4) is 0 Å². The molecular formula is C27H38BrFN4O5S2. The highest BCUT2D eigenvalue weighted by atomic mass is 79.9. The molecule has 1 unspecified atom stereocenters. The molecule has 0 bridgehead atoms.